The van der Waals surface area contributed by atoms with Crippen LogP contribution in [0.4, 0.5) is 0 Å². The molecule has 0 aliphatic carbocycles. The van der Waals surface area contributed by atoms with E-state index in [-0.39, 0.29) is 25.3 Å². The molecule has 0 saturated carbocycles. The number of primary amides is 1. The molecule has 0 spiro atoms. The second-order valence-electron chi connectivity index (χ2n) is 6.66. The molecule has 0 aromatic rings. The average molecular weight is 363 g/mol. The van der Waals surface area contributed by atoms with Gasteiger partial charge in [0.15, 0.2) is 0 Å². The molecule has 0 radical (unpaired) electrons. The summed E-state index contributed by atoms with van der Waals surface area (Å²) in [6, 6.07) is -0.783. The Hall–Kier alpha value is -1.44. The van der Waals surface area contributed by atoms with E-state index in [1.54, 1.807) is 0 Å². The maximum atomic E-state index is 12.3. The Kier molecular flexibility index (Phi) is 6.19. The normalized spacial score (nSPS) is 29.4. The van der Waals surface area contributed by atoms with Gasteiger partial charge in [-0.05, 0) is 26.7 Å². The van der Waals surface area contributed by atoms with Crippen molar-refractivity contribution < 1.29 is 28.9 Å². The molecule has 0 aromatic heterocycles. The number of hydrogen-bond donors (Lipinski definition) is 4. The molecule has 1 aliphatic rings. The Balaban J connectivity index is 3.25. The van der Waals surface area contributed by atoms with Crippen molar-refractivity contribution in [3.05, 3.63) is 0 Å². The predicted octanol–water partition coefficient (Wildman–Crippen LogP) is -0.235. The maximum absolute atomic E-state index is 12.3. The molecule has 5 atom stereocenters. The first-order valence-electron chi connectivity index (χ1n) is 7.71. The molecule has 138 valence electrons. The number of carboxylic acids is 1. The Labute approximate surface area is 140 Å². The molecule has 1 heterocycles. The van der Waals surface area contributed by atoms with Crippen LogP contribution in [-0.2, 0) is 18.9 Å². The zero-order chi connectivity index (χ0) is 18.9. The van der Waals surface area contributed by atoms with E-state index in [0.29, 0.717) is 0 Å². The molecule has 1 fully saturated rings. The van der Waals surface area contributed by atoms with E-state index in [1.807, 2.05) is 0 Å². The van der Waals surface area contributed by atoms with Gasteiger partial charge in [-0.2, -0.15) is 0 Å². The number of carboxylic acid groups (broad SMARTS) is 1. The number of hydrogen-bond acceptors (Lipinski definition) is 5. The maximum Gasteiger partial charge on any atom is 0.308 e. The quantitative estimate of drug-likeness (QED) is 0.473. The van der Waals surface area contributed by atoms with Crippen molar-refractivity contribution in [2.45, 2.75) is 45.4 Å². The van der Waals surface area contributed by atoms with Crippen LogP contribution in [0.25, 0.3) is 0 Å². The molecule has 0 aromatic carbocycles. The number of amides is 2. The van der Waals surface area contributed by atoms with Crippen molar-refractivity contribution in [3.63, 3.8) is 0 Å². The Morgan fingerprint density at radius 3 is 2.29 bits per heavy atom. The zero-order valence-corrected chi connectivity index (χ0v) is 15.0. The lowest BCUT2D eigenvalue weighted by molar-refractivity contribution is -0.151. The highest BCUT2D eigenvalue weighted by atomic mass is 31.2. The molecule has 2 amide bonds. The number of nitrogens with two attached hydrogens (primary N) is 2. The number of aliphatic carboxylic acids is 1. The van der Waals surface area contributed by atoms with Crippen LogP contribution in [0, 0.1) is 11.3 Å². The standard InChI is InChI=1S/C14H26N3O6P/c1-8(12(19)20)11-6-14(13(16)21,4-5-17(11)10(3)18)7-24(22,23)9(2)15/h8-9,11H,4-7,15H2,1-3H3,(H2,16,21)(H,19,20)(H,22,23)/t8?,9-,11+,14?/m1/s1. The van der Waals surface area contributed by atoms with Gasteiger partial charge in [-0.15, -0.1) is 0 Å². The van der Waals surface area contributed by atoms with Crippen molar-refractivity contribution in [3.8, 4) is 0 Å². The van der Waals surface area contributed by atoms with Gasteiger partial charge >= 0.3 is 5.97 Å². The Bertz CT molecular complexity index is 581. The smallest absolute Gasteiger partial charge is 0.308 e. The number of nitrogens with zero attached hydrogens (tertiary/aromatic N) is 1. The molecule has 3 unspecified atom stereocenters. The molecular weight excluding hydrogens is 337 g/mol. The average Bonchev–Trinajstić information content (AvgIpc) is 2.45. The molecular formula is C14H26N3O6P. The van der Waals surface area contributed by atoms with E-state index in [4.69, 9.17) is 11.5 Å². The fourth-order valence-corrected chi connectivity index (χ4v) is 4.74. The first-order valence-corrected chi connectivity index (χ1v) is 9.62. The first kappa shape index (κ1) is 20.6. The van der Waals surface area contributed by atoms with Crippen LogP contribution in [0.5, 0.6) is 0 Å². The number of likely N-dealkylation sites (tertiary alicyclic amines) is 1. The lowest BCUT2D eigenvalue weighted by atomic mass is 9.73. The van der Waals surface area contributed by atoms with Gasteiger partial charge in [0.2, 0.25) is 19.2 Å². The van der Waals surface area contributed by atoms with Crippen molar-refractivity contribution in [2.75, 3.05) is 12.7 Å². The second kappa shape index (κ2) is 7.21. The highest BCUT2D eigenvalue weighted by molar-refractivity contribution is 7.58. The molecule has 0 bridgehead atoms. The summed E-state index contributed by atoms with van der Waals surface area (Å²) in [5.74, 6) is -4.18. The van der Waals surface area contributed by atoms with Gasteiger partial charge in [0, 0.05) is 25.7 Å². The summed E-state index contributed by atoms with van der Waals surface area (Å²) < 4.78 is 12.3. The Morgan fingerprint density at radius 2 is 1.92 bits per heavy atom. The zero-order valence-electron chi connectivity index (χ0n) is 14.1. The van der Waals surface area contributed by atoms with Gasteiger partial charge in [0.05, 0.1) is 17.1 Å². The summed E-state index contributed by atoms with van der Waals surface area (Å²) in [4.78, 5) is 46.7. The molecule has 6 N–H and O–H groups in total. The van der Waals surface area contributed by atoms with E-state index in [2.05, 4.69) is 0 Å². The van der Waals surface area contributed by atoms with Crippen LogP contribution >= 0.6 is 7.37 Å². The molecule has 1 rings (SSSR count). The van der Waals surface area contributed by atoms with E-state index in [0.717, 1.165) is 0 Å². The third-order valence-corrected chi connectivity index (χ3v) is 7.22. The van der Waals surface area contributed by atoms with Crippen molar-refractivity contribution in [2.24, 2.45) is 22.8 Å². The number of piperidine rings is 1. The molecule has 9 nitrogen and oxygen atoms in total. The second-order valence-corrected chi connectivity index (χ2v) is 9.30. The van der Waals surface area contributed by atoms with Gasteiger partial charge in [-0.3, -0.25) is 18.9 Å². The largest absolute Gasteiger partial charge is 0.481 e. The SMILES string of the molecule is CC(=O)N1CCC(CP(=O)(O)[C@H](C)N)(C(N)=O)C[C@H]1C(C)C(=O)O. The summed E-state index contributed by atoms with van der Waals surface area (Å²) in [6.45, 7) is 4.22. The van der Waals surface area contributed by atoms with E-state index < -0.39 is 48.6 Å². The third-order valence-electron chi connectivity index (χ3n) is 4.89. The minimum absolute atomic E-state index is 0.0767. The monoisotopic (exact) mass is 363 g/mol. The number of rotatable bonds is 6. The highest BCUT2D eigenvalue weighted by Gasteiger charge is 2.51. The van der Waals surface area contributed by atoms with Crippen molar-refractivity contribution in [1.82, 2.24) is 4.90 Å². The van der Waals surface area contributed by atoms with Crippen LogP contribution in [0.3, 0.4) is 0 Å². The minimum Gasteiger partial charge on any atom is -0.481 e. The van der Waals surface area contributed by atoms with Crippen molar-refractivity contribution >= 4 is 25.2 Å². The number of carbonyl (C=O) groups is 3. The molecule has 10 heteroatoms. The van der Waals surface area contributed by atoms with E-state index in [9.17, 15) is 28.9 Å². The van der Waals surface area contributed by atoms with Crippen LogP contribution < -0.4 is 11.5 Å². The fraction of sp³-hybridized carbons (Fsp3) is 0.786. The highest BCUT2D eigenvalue weighted by Crippen LogP contribution is 2.53. The van der Waals surface area contributed by atoms with E-state index in [1.165, 1.54) is 25.7 Å². The summed E-state index contributed by atoms with van der Waals surface area (Å²) in [5, 5.41) is 9.29. The summed E-state index contributed by atoms with van der Waals surface area (Å²) in [6.07, 6.45) is -0.393. The van der Waals surface area contributed by atoms with Gasteiger partial charge in [0.25, 0.3) is 0 Å². The third kappa shape index (κ3) is 4.15. The molecule has 1 saturated heterocycles. The number of carbonyl (C=O) groups excluding carboxylic acids is 2. The van der Waals surface area contributed by atoms with Crippen LogP contribution in [0.2, 0.25) is 0 Å². The van der Waals surface area contributed by atoms with Gasteiger partial charge < -0.3 is 26.4 Å². The van der Waals surface area contributed by atoms with Gasteiger partial charge in [0.1, 0.15) is 0 Å². The summed E-state index contributed by atoms with van der Waals surface area (Å²) >= 11 is 0. The van der Waals surface area contributed by atoms with Crippen LogP contribution in [0.15, 0.2) is 0 Å². The van der Waals surface area contributed by atoms with Gasteiger partial charge in [-0.1, -0.05) is 0 Å². The van der Waals surface area contributed by atoms with Crippen LogP contribution in [-0.4, -0.2) is 57.2 Å². The summed E-state index contributed by atoms with van der Waals surface area (Å²) in [7, 11) is -3.85. The topological polar surface area (TPSA) is 164 Å². The fourth-order valence-electron chi connectivity index (χ4n) is 3.14. The van der Waals surface area contributed by atoms with Crippen LogP contribution in [0.1, 0.15) is 33.6 Å². The van der Waals surface area contributed by atoms with E-state index >= 15 is 0 Å². The lowest BCUT2D eigenvalue weighted by Gasteiger charge is -2.46. The van der Waals surface area contributed by atoms with Gasteiger partial charge in [-0.25, -0.2) is 0 Å². The first-order chi connectivity index (χ1) is 10.8. The summed E-state index contributed by atoms with van der Waals surface area (Å²) in [5.41, 5.74) is 9.68. The predicted molar refractivity (Wildman–Crippen MR) is 87.2 cm³/mol. The Morgan fingerprint density at radius 1 is 1.38 bits per heavy atom. The lowest BCUT2D eigenvalue weighted by Crippen LogP contribution is -2.57. The minimum atomic E-state index is -3.85. The van der Waals surface area contributed by atoms with Crippen molar-refractivity contribution in [1.29, 1.82) is 0 Å². The molecule has 1 aliphatic heterocycles. The molecule has 24 heavy (non-hydrogen) atoms.